The Morgan fingerprint density at radius 1 is 1.27 bits per heavy atom. The molecule has 0 aromatic heterocycles. The SMILES string of the molecule is Cc1ccc2c(c1)OC(C)(C)C[C@H]2NC(=O)[C@H](C)SCc1ccccc1. The number of amides is 1. The van der Waals surface area contributed by atoms with Crippen LogP contribution in [0.5, 0.6) is 5.75 Å². The van der Waals surface area contributed by atoms with Gasteiger partial charge in [0.1, 0.15) is 11.4 Å². The van der Waals surface area contributed by atoms with Crippen molar-refractivity contribution in [3.05, 3.63) is 65.2 Å². The number of hydrogen-bond donors (Lipinski definition) is 1. The van der Waals surface area contributed by atoms with Crippen LogP contribution in [0, 0.1) is 6.92 Å². The average Bonchev–Trinajstić information content (AvgIpc) is 2.59. The van der Waals surface area contributed by atoms with Gasteiger partial charge in [-0.2, -0.15) is 0 Å². The molecule has 0 bridgehead atoms. The summed E-state index contributed by atoms with van der Waals surface area (Å²) in [6, 6.07) is 16.5. The van der Waals surface area contributed by atoms with Crippen molar-refractivity contribution in [1.82, 2.24) is 5.32 Å². The fraction of sp³-hybridized carbons (Fsp3) is 0.409. The Balaban J connectivity index is 1.66. The molecule has 0 saturated carbocycles. The first-order valence-electron chi connectivity index (χ1n) is 9.09. The summed E-state index contributed by atoms with van der Waals surface area (Å²) in [6.07, 6.45) is 0.769. The van der Waals surface area contributed by atoms with Gasteiger partial charge in [0.25, 0.3) is 0 Å². The Morgan fingerprint density at radius 3 is 2.73 bits per heavy atom. The monoisotopic (exact) mass is 369 g/mol. The van der Waals surface area contributed by atoms with Crippen molar-refractivity contribution in [3.8, 4) is 5.75 Å². The van der Waals surface area contributed by atoms with Gasteiger partial charge >= 0.3 is 0 Å². The number of fused-ring (bicyclic) bond motifs is 1. The van der Waals surface area contributed by atoms with E-state index in [1.54, 1.807) is 11.8 Å². The zero-order valence-electron chi connectivity index (χ0n) is 15.9. The Hall–Kier alpha value is -1.94. The highest BCUT2D eigenvalue weighted by atomic mass is 32.2. The van der Waals surface area contributed by atoms with Gasteiger partial charge in [0, 0.05) is 17.7 Å². The van der Waals surface area contributed by atoms with Crippen molar-refractivity contribution >= 4 is 17.7 Å². The molecular formula is C22H27NO2S. The standard InChI is InChI=1S/C22H27NO2S/c1-15-10-11-18-19(13-22(3,4)25-20(18)12-15)23-21(24)16(2)26-14-17-8-6-5-7-9-17/h5-12,16,19H,13-14H2,1-4H3,(H,23,24)/t16-,19+/m0/s1. The Kier molecular flexibility index (Phi) is 5.61. The van der Waals surface area contributed by atoms with Gasteiger partial charge in [0.05, 0.1) is 11.3 Å². The molecule has 1 N–H and O–H groups in total. The van der Waals surface area contributed by atoms with Crippen LogP contribution in [0.25, 0.3) is 0 Å². The summed E-state index contributed by atoms with van der Waals surface area (Å²) in [5.74, 6) is 1.81. The van der Waals surface area contributed by atoms with Crippen molar-refractivity contribution in [2.75, 3.05) is 0 Å². The third-order valence-corrected chi connectivity index (χ3v) is 5.87. The van der Waals surface area contributed by atoms with Gasteiger partial charge < -0.3 is 10.1 Å². The van der Waals surface area contributed by atoms with Gasteiger partial charge in [0.2, 0.25) is 5.91 Å². The predicted molar refractivity (Wildman–Crippen MR) is 109 cm³/mol. The first-order valence-corrected chi connectivity index (χ1v) is 10.1. The molecule has 1 aliphatic rings. The minimum absolute atomic E-state index is 0.0124. The minimum atomic E-state index is -0.293. The highest BCUT2D eigenvalue weighted by Gasteiger charge is 2.35. The minimum Gasteiger partial charge on any atom is -0.487 e. The number of rotatable bonds is 5. The Morgan fingerprint density at radius 2 is 2.00 bits per heavy atom. The van der Waals surface area contributed by atoms with Gasteiger partial charge in [-0.1, -0.05) is 42.5 Å². The van der Waals surface area contributed by atoms with Crippen LogP contribution in [-0.2, 0) is 10.5 Å². The van der Waals surface area contributed by atoms with E-state index in [1.807, 2.05) is 25.1 Å². The summed E-state index contributed by atoms with van der Waals surface area (Å²) < 4.78 is 6.12. The van der Waals surface area contributed by atoms with Gasteiger partial charge in [-0.15, -0.1) is 11.8 Å². The first-order chi connectivity index (χ1) is 12.3. The van der Waals surface area contributed by atoms with Crippen molar-refractivity contribution in [2.45, 2.75) is 56.8 Å². The van der Waals surface area contributed by atoms with Crippen LogP contribution >= 0.6 is 11.8 Å². The molecule has 1 heterocycles. The number of benzene rings is 2. The highest BCUT2D eigenvalue weighted by Crippen LogP contribution is 2.40. The summed E-state index contributed by atoms with van der Waals surface area (Å²) in [7, 11) is 0. The van der Waals surface area contributed by atoms with E-state index in [0.29, 0.717) is 0 Å². The van der Waals surface area contributed by atoms with Gasteiger partial charge in [0.15, 0.2) is 0 Å². The third-order valence-electron chi connectivity index (χ3n) is 4.65. The lowest BCUT2D eigenvalue weighted by Gasteiger charge is -2.38. The zero-order chi connectivity index (χ0) is 18.7. The summed E-state index contributed by atoms with van der Waals surface area (Å²) >= 11 is 1.67. The van der Waals surface area contributed by atoms with Gasteiger partial charge in [-0.05, 0) is 44.9 Å². The summed E-state index contributed by atoms with van der Waals surface area (Å²) in [6.45, 7) is 8.18. The normalized spacial score (nSPS) is 19.2. The lowest BCUT2D eigenvalue weighted by Crippen LogP contribution is -2.43. The molecule has 0 saturated heterocycles. The number of ether oxygens (including phenoxy) is 1. The lowest BCUT2D eigenvalue weighted by atomic mass is 9.89. The maximum Gasteiger partial charge on any atom is 0.233 e. The van der Waals surface area contributed by atoms with Gasteiger partial charge in [-0.25, -0.2) is 0 Å². The Labute approximate surface area is 160 Å². The molecule has 1 aliphatic heterocycles. The number of carbonyl (C=O) groups is 1. The van der Waals surface area contributed by atoms with Crippen molar-refractivity contribution in [1.29, 1.82) is 0 Å². The fourth-order valence-corrected chi connectivity index (χ4v) is 4.10. The molecular weight excluding hydrogens is 342 g/mol. The zero-order valence-corrected chi connectivity index (χ0v) is 16.7. The van der Waals surface area contributed by atoms with E-state index < -0.39 is 0 Å². The van der Waals surface area contributed by atoms with Crippen LogP contribution in [0.3, 0.4) is 0 Å². The maximum atomic E-state index is 12.7. The van der Waals surface area contributed by atoms with E-state index in [-0.39, 0.29) is 22.8 Å². The van der Waals surface area contributed by atoms with Crippen LogP contribution in [0.4, 0.5) is 0 Å². The summed E-state index contributed by atoms with van der Waals surface area (Å²) in [4.78, 5) is 12.7. The molecule has 0 radical (unpaired) electrons. The maximum absolute atomic E-state index is 12.7. The molecule has 2 aromatic rings. The van der Waals surface area contributed by atoms with Crippen molar-refractivity contribution < 1.29 is 9.53 Å². The van der Waals surface area contributed by atoms with E-state index in [9.17, 15) is 4.79 Å². The molecule has 3 nitrogen and oxygen atoms in total. The molecule has 2 aromatic carbocycles. The molecule has 0 spiro atoms. The smallest absolute Gasteiger partial charge is 0.233 e. The molecule has 138 valence electrons. The topological polar surface area (TPSA) is 38.3 Å². The van der Waals surface area contributed by atoms with E-state index in [4.69, 9.17) is 4.74 Å². The number of nitrogens with one attached hydrogen (secondary N) is 1. The molecule has 0 fully saturated rings. The summed E-state index contributed by atoms with van der Waals surface area (Å²) in [5.41, 5.74) is 3.19. The number of carbonyl (C=O) groups excluding carboxylic acids is 1. The van der Waals surface area contributed by atoms with Crippen LogP contribution in [0.15, 0.2) is 48.5 Å². The van der Waals surface area contributed by atoms with Crippen molar-refractivity contribution in [3.63, 3.8) is 0 Å². The third kappa shape index (κ3) is 4.61. The summed E-state index contributed by atoms with van der Waals surface area (Å²) in [5, 5.41) is 3.14. The quantitative estimate of drug-likeness (QED) is 0.803. The molecule has 1 amide bonds. The van der Waals surface area contributed by atoms with Gasteiger partial charge in [-0.3, -0.25) is 4.79 Å². The molecule has 0 unspecified atom stereocenters. The van der Waals surface area contributed by atoms with Crippen LogP contribution < -0.4 is 10.1 Å². The second-order valence-electron chi connectivity index (χ2n) is 7.61. The molecule has 3 rings (SSSR count). The van der Waals surface area contributed by atoms with Crippen molar-refractivity contribution in [2.24, 2.45) is 0 Å². The first kappa shape index (κ1) is 18.8. The number of hydrogen-bond acceptors (Lipinski definition) is 3. The molecule has 26 heavy (non-hydrogen) atoms. The number of thioether (sulfide) groups is 1. The fourth-order valence-electron chi connectivity index (χ4n) is 3.25. The second-order valence-corrected chi connectivity index (χ2v) is 8.94. The second kappa shape index (κ2) is 7.75. The largest absolute Gasteiger partial charge is 0.487 e. The lowest BCUT2D eigenvalue weighted by molar-refractivity contribution is -0.121. The van der Waals surface area contributed by atoms with E-state index >= 15 is 0 Å². The van der Waals surface area contributed by atoms with Crippen LogP contribution in [0.1, 0.15) is 49.9 Å². The van der Waals surface area contributed by atoms with E-state index in [0.717, 1.165) is 23.5 Å². The number of aryl methyl sites for hydroxylation is 1. The van der Waals surface area contributed by atoms with E-state index in [1.165, 1.54) is 11.1 Å². The molecule has 2 atom stereocenters. The highest BCUT2D eigenvalue weighted by molar-refractivity contribution is 7.99. The molecule has 4 heteroatoms. The predicted octanol–water partition coefficient (Wildman–Crippen LogP) is 5.04. The Bertz CT molecular complexity index is 773. The van der Waals surface area contributed by atoms with Crippen LogP contribution in [0.2, 0.25) is 0 Å². The van der Waals surface area contributed by atoms with E-state index in [2.05, 4.69) is 56.4 Å². The van der Waals surface area contributed by atoms with Crippen LogP contribution in [-0.4, -0.2) is 16.8 Å². The molecule has 0 aliphatic carbocycles. The average molecular weight is 370 g/mol.